The van der Waals surface area contributed by atoms with Crippen LogP contribution in [0.2, 0.25) is 0 Å². The second kappa shape index (κ2) is 7.19. The maximum absolute atomic E-state index is 13.6. The molecule has 0 bridgehead atoms. The molecule has 10 heteroatoms. The Morgan fingerprint density at radius 1 is 1.00 bits per heavy atom. The van der Waals surface area contributed by atoms with Gasteiger partial charge in [0.15, 0.2) is 0 Å². The average Bonchev–Trinajstić information content (AvgIpc) is 2.69. The van der Waals surface area contributed by atoms with Crippen molar-refractivity contribution in [3.8, 4) is 0 Å². The van der Waals surface area contributed by atoms with E-state index in [1.54, 1.807) is 11.8 Å². The van der Waals surface area contributed by atoms with Gasteiger partial charge in [0.25, 0.3) is 5.91 Å². The number of aryl methyl sites for hydroxylation is 1. The number of fused-ring (bicyclic) bond motifs is 1. The number of hydrogen-bond acceptors (Lipinski definition) is 3. The molecule has 2 aliphatic heterocycles. The smallest absolute Gasteiger partial charge is 0.336 e. The first-order chi connectivity index (χ1) is 14.1. The third-order valence-electron chi connectivity index (χ3n) is 5.29. The van der Waals surface area contributed by atoms with Gasteiger partial charge in [-0.1, -0.05) is 0 Å². The lowest BCUT2D eigenvalue weighted by Crippen LogP contribution is -2.61. The fourth-order valence-electron chi connectivity index (χ4n) is 3.74. The summed E-state index contributed by atoms with van der Waals surface area (Å²) in [6.07, 6.45) is -4.57. The monoisotopic (exact) mass is 422 g/mol. The highest BCUT2D eigenvalue weighted by atomic mass is 19.4. The Kier molecular flexibility index (Phi) is 4.79. The van der Waals surface area contributed by atoms with E-state index in [1.807, 2.05) is 0 Å². The number of nitrogens with one attached hydrogen (secondary N) is 2. The normalized spacial score (nSPS) is 17.5. The highest BCUT2D eigenvalue weighted by Gasteiger charge is 2.38. The third-order valence-corrected chi connectivity index (χ3v) is 5.29. The predicted molar refractivity (Wildman–Crippen MR) is 101 cm³/mol. The predicted octanol–water partition coefficient (Wildman–Crippen LogP) is 3.39. The number of benzene rings is 2. The molecule has 0 radical (unpaired) electrons. The van der Waals surface area contributed by atoms with Gasteiger partial charge in [-0.25, -0.2) is 9.18 Å². The van der Waals surface area contributed by atoms with Crippen molar-refractivity contribution in [3.05, 3.63) is 58.9 Å². The Bertz CT molecular complexity index is 1010. The summed E-state index contributed by atoms with van der Waals surface area (Å²) in [6, 6.07) is 6.21. The molecule has 0 atom stereocenters. The van der Waals surface area contributed by atoms with Gasteiger partial charge in [0.2, 0.25) is 0 Å². The lowest BCUT2D eigenvalue weighted by Gasteiger charge is -2.43. The van der Waals surface area contributed by atoms with Gasteiger partial charge >= 0.3 is 12.2 Å². The van der Waals surface area contributed by atoms with Crippen LogP contribution in [0.4, 0.5) is 33.7 Å². The number of halogens is 4. The van der Waals surface area contributed by atoms with Crippen LogP contribution in [0.5, 0.6) is 0 Å². The van der Waals surface area contributed by atoms with Crippen LogP contribution in [0, 0.1) is 12.7 Å². The molecule has 2 aromatic rings. The van der Waals surface area contributed by atoms with E-state index in [0.29, 0.717) is 11.3 Å². The molecule has 0 spiro atoms. The summed E-state index contributed by atoms with van der Waals surface area (Å²) in [7, 11) is 0. The highest BCUT2D eigenvalue weighted by molar-refractivity contribution is 6.03. The number of nitrogens with zero attached hydrogens (tertiary/aromatic N) is 2. The molecule has 2 aliphatic rings. The van der Waals surface area contributed by atoms with Crippen LogP contribution in [0.15, 0.2) is 36.4 Å². The van der Waals surface area contributed by atoms with Crippen molar-refractivity contribution < 1.29 is 27.2 Å². The molecular formula is C20H18F4N4O2. The van der Waals surface area contributed by atoms with E-state index in [0.717, 1.165) is 18.2 Å². The molecule has 0 aliphatic carbocycles. The van der Waals surface area contributed by atoms with E-state index >= 15 is 0 Å². The molecule has 2 heterocycles. The lowest BCUT2D eigenvalue weighted by molar-refractivity contribution is -0.137. The van der Waals surface area contributed by atoms with Gasteiger partial charge in [-0.05, 0) is 48.9 Å². The number of hydrogen-bond donors (Lipinski definition) is 2. The quantitative estimate of drug-likeness (QED) is 0.730. The van der Waals surface area contributed by atoms with Crippen molar-refractivity contribution in [2.45, 2.75) is 19.1 Å². The molecule has 1 fully saturated rings. The topological polar surface area (TPSA) is 64.7 Å². The molecule has 0 aromatic heterocycles. The van der Waals surface area contributed by atoms with Gasteiger partial charge in [0.1, 0.15) is 5.82 Å². The van der Waals surface area contributed by atoms with Gasteiger partial charge in [-0.15, -0.1) is 0 Å². The van der Waals surface area contributed by atoms with E-state index in [-0.39, 0.29) is 37.0 Å². The second-order valence-corrected chi connectivity index (χ2v) is 7.25. The number of rotatable bonds is 2. The van der Waals surface area contributed by atoms with Crippen LogP contribution in [0.25, 0.3) is 0 Å². The Labute approximate surface area is 169 Å². The maximum Gasteiger partial charge on any atom is 0.416 e. The van der Waals surface area contributed by atoms with Gasteiger partial charge in [0.05, 0.1) is 29.5 Å². The van der Waals surface area contributed by atoms with Crippen molar-refractivity contribution >= 4 is 23.3 Å². The van der Waals surface area contributed by atoms with E-state index in [2.05, 4.69) is 10.6 Å². The van der Waals surface area contributed by atoms with Crippen molar-refractivity contribution in [2.24, 2.45) is 0 Å². The summed E-state index contributed by atoms with van der Waals surface area (Å²) >= 11 is 0. The Balaban J connectivity index is 1.81. The van der Waals surface area contributed by atoms with Crippen LogP contribution in [-0.4, -0.2) is 42.6 Å². The zero-order valence-corrected chi connectivity index (χ0v) is 15.9. The van der Waals surface area contributed by atoms with Crippen molar-refractivity contribution in [2.75, 3.05) is 24.7 Å². The van der Waals surface area contributed by atoms with Gasteiger partial charge in [-0.2, -0.15) is 13.2 Å². The van der Waals surface area contributed by atoms with Crippen molar-refractivity contribution in [1.29, 1.82) is 0 Å². The molecule has 158 valence electrons. The zero-order valence-electron chi connectivity index (χ0n) is 15.9. The summed E-state index contributed by atoms with van der Waals surface area (Å²) in [5.74, 6) is -0.901. The summed E-state index contributed by atoms with van der Waals surface area (Å²) in [5.41, 5.74) is 0.340. The zero-order chi connectivity index (χ0) is 21.6. The maximum atomic E-state index is 13.6. The molecule has 3 amide bonds. The fourth-order valence-corrected chi connectivity index (χ4v) is 3.74. The standard InChI is InChI=1S/C20H18F4N4O2/c1-11-6-13(21)3-5-16(11)28-10-27(14-8-25-19(30)26-9-14)18(29)15-4-2-12(7-17(15)28)20(22,23)24/h2-7,14H,8-10H2,1H3,(H2,25,26,30). The highest BCUT2D eigenvalue weighted by Crippen LogP contribution is 2.40. The first kappa shape index (κ1) is 20.0. The Morgan fingerprint density at radius 2 is 1.70 bits per heavy atom. The molecule has 2 N–H and O–H groups in total. The second-order valence-electron chi connectivity index (χ2n) is 7.25. The van der Waals surface area contributed by atoms with E-state index in [4.69, 9.17) is 0 Å². The van der Waals surface area contributed by atoms with Crippen molar-refractivity contribution in [1.82, 2.24) is 15.5 Å². The first-order valence-electron chi connectivity index (χ1n) is 9.23. The Hall–Kier alpha value is -3.30. The van der Waals surface area contributed by atoms with Gasteiger partial charge in [-0.3, -0.25) is 4.79 Å². The lowest BCUT2D eigenvalue weighted by atomic mass is 10.0. The Morgan fingerprint density at radius 3 is 2.33 bits per heavy atom. The minimum atomic E-state index is -4.57. The molecule has 2 aromatic carbocycles. The SMILES string of the molecule is Cc1cc(F)ccc1N1CN(C2CNC(=O)NC2)C(=O)c2ccc(C(F)(F)F)cc21. The molecule has 30 heavy (non-hydrogen) atoms. The van der Waals surface area contributed by atoms with E-state index in [9.17, 15) is 27.2 Å². The molecule has 6 nitrogen and oxygen atoms in total. The van der Waals surface area contributed by atoms with Crippen molar-refractivity contribution in [3.63, 3.8) is 0 Å². The summed E-state index contributed by atoms with van der Waals surface area (Å²) in [6.45, 7) is 2.03. The van der Waals surface area contributed by atoms with Crippen LogP contribution in [0.3, 0.4) is 0 Å². The molecule has 0 unspecified atom stereocenters. The van der Waals surface area contributed by atoms with Crippen LogP contribution in [0.1, 0.15) is 21.5 Å². The van der Waals surface area contributed by atoms with Crippen LogP contribution < -0.4 is 15.5 Å². The largest absolute Gasteiger partial charge is 0.416 e. The molecule has 4 rings (SSSR count). The van der Waals surface area contributed by atoms with Crippen LogP contribution in [-0.2, 0) is 6.18 Å². The number of carbonyl (C=O) groups excluding carboxylic acids is 2. The van der Waals surface area contributed by atoms with Gasteiger partial charge in [0, 0.05) is 18.8 Å². The number of alkyl halides is 3. The minimum absolute atomic E-state index is 0.0398. The minimum Gasteiger partial charge on any atom is -0.336 e. The third kappa shape index (κ3) is 3.53. The molecule has 1 saturated heterocycles. The van der Waals surface area contributed by atoms with E-state index in [1.165, 1.54) is 23.1 Å². The molecular weight excluding hydrogens is 404 g/mol. The summed E-state index contributed by atoms with van der Waals surface area (Å²) in [5, 5.41) is 5.23. The summed E-state index contributed by atoms with van der Waals surface area (Å²) in [4.78, 5) is 27.5. The number of carbonyl (C=O) groups is 2. The van der Waals surface area contributed by atoms with Gasteiger partial charge < -0.3 is 20.4 Å². The number of urea groups is 1. The fraction of sp³-hybridized carbons (Fsp3) is 0.300. The number of amides is 3. The molecule has 0 saturated carbocycles. The summed E-state index contributed by atoms with van der Waals surface area (Å²) < 4.78 is 53.5. The number of anilines is 2. The van der Waals surface area contributed by atoms with E-state index < -0.39 is 29.5 Å². The van der Waals surface area contributed by atoms with Crippen LogP contribution >= 0.6 is 0 Å². The first-order valence-corrected chi connectivity index (χ1v) is 9.23. The average molecular weight is 422 g/mol.